The van der Waals surface area contributed by atoms with Crippen molar-refractivity contribution in [2.24, 2.45) is 0 Å². The van der Waals surface area contributed by atoms with Crippen LogP contribution in [0, 0.1) is 0 Å². The molecule has 2 N–H and O–H groups in total. The number of nitrogens with one attached hydrogen (secondary N) is 2. The summed E-state index contributed by atoms with van der Waals surface area (Å²) in [7, 11) is 0. The molecule has 2 aliphatic carbocycles. The Morgan fingerprint density at radius 3 is 2.25 bits per heavy atom. The molecule has 1 spiro atoms. The van der Waals surface area contributed by atoms with E-state index in [0.29, 0.717) is 0 Å². The Hall–Kier alpha value is -6.58. The van der Waals surface area contributed by atoms with Crippen molar-refractivity contribution < 1.29 is 4.42 Å². The molecule has 1 unspecified atom stereocenters. The summed E-state index contributed by atoms with van der Waals surface area (Å²) in [5.74, 6) is 0. The minimum atomic E-state index is -0.509. The van der Waals surface area contributed by atoms with Crippen molar-refractivity contribution in [3.63, 3.8) is 0 Å². The maximum Gasteiger partial charge on any atom is 0.144 e. The van der Waals surface area contributed by atoms with Gasteiger partial charge in [0, 0.05) is 50.4 Å². The number of hydrogen-bond acceptors (Lipinski definition) is 2. The van der Waals surface area contributed by atoms with Crippen molar-refractivity contribution in [1.82, 2.24) is 4.98 Å². The molecule has 8 aromatic carbocycles. The van der Waals surface area contributed by atoms with E-state index in [0.717, 1.165) is 40.6 Å². The third-order valence-corrected chi connectivity index (χ3v) is 12.5. The van der Waals surface area contributed by atoms with Crippen molar-refractivity contribution in [1.29, 1.82) is 0 Å². The van der Waals surface area contributed by atoms with Gasteiger partial charge >= 0.3 is 0 Å². The van der Waals surface area contributed by atoms with E-state index in [2.05, 4.69) is 156 Å². The minimum Gasteiger partial charge on any atom is -0.455 e. The first-order valence-corrected chi connectivity index (χ1v) is 18.3. The Kier molecular flexibility index (Phi) is 4.91. The van der Waals surface area contributed by atoms with E-state index < -0.39 is 5.41 Å². The summed E-state index contributed by atoms with van der Waals surface area (Å²) in [6.45, 7) is 0.971. The molecule has 3 heteroatoms. The third kappa shape index (κ3) is 3.11. The van der Waals surface area contributed by atoms with Gasteiger partial charge in [-0.25, -0.2) is 0 Å². The molecular weight excluding hydrogens is 633 g/mol. The normalized spacial score (nSPS) is 16.5. The number of rotatable bonds is 1. The van der Waals surface area contributed by atoms with Crippen LogP contribution in [0.4, 0.5) is 5.69 Å². The Labute approximate surface area is 299 Å². The van der Waals surface area contributed by atoms with Crippen molar-refractivity contribution >= 4 is 60.2 Å². The molecule has 13 rings (SSSR count). The molecule has 0 fully saturated rings. The number of aromatic amines is 1. The molecule has 3 heterocycles. The number of fused-ring (bicyclic) bond motifs is 21. The second-order valence-corrected chi connectivity index (χ2v) is 14.8. The highest BCUT2D eigenvalue weighted by Gasteiger charge is 2.54. The molecule has 52 heavy (non-hydrogen) atoms. The molecule has 0 bridgehead atoms. The van der Waals surface area contributed by atoms with Crippen LogP contribution in [0.3, 0.4) is 0 Å². The lowest BCUT2D eigenvalue weighted by Crippen LogP contribution is -2.26. The molecule has 0 saturated heterocycles. The zero-order chi connectivity index (χ0) is 33.7. The van der Waals surface area contributed by atoms with Crippen LogP contribution in [0.15, 0.2) is 150 Å². The van der Waals surface area contributed by atoms with Crippen LogP contribution in [0.1, 0.15) is 27.8 Å². The molecule has 1 aliphatic heterocycles. The zero-order valence-corrected chi connectivity index (χ0v) is 28.2. The summed E-state index contributed by atoms with van der Waals surface area (Å²) in [6, 6.07) is 54.2. The molecule has 1 atom stereocenters. The fourth-order valence-corrected chi connectivity index (χ4v) is 10.5. The van der Waals surface area contributed by atoms with Gasteiger partial charge in [-0.1, -0.05) is 115 Å². The van der Waals surface area contributed by atoms with Gasteiger partial charge in [0.25, 0.3) is 0 Å². The van der Waals surface area contributed by atoms with Gasteiger partial charge in [0.05, 0.1) is 5.41 Å². The van der Waals surface area contributed by atoms with Crippen LogP contribution in [0.5, 0.6) is 0 Å². The Bertz CT molecular complexity index is 3230. The number of H-pyrrole nitrogens is 1. The van der Waals surface area contributed by atoms with Gasteiger partial charge < -0.3 is 14.7 Å². The van der Waals surface area contributed by atoms with E-state index >= 15 is 0 Å². The van der Waals surface area contributed by atoms with Crippen LogP contribution in [-0.2, 0) is 11.8 Å². The second kappa shape index (κ2) is 9.39. The average Bonchev–Trinajstić information content (AvgIpc) is 4.01. The van der Waals surface area contributed by atoms with Crippen LogP contribution in [0.25, 0.3) is 87.9 Å². The Morgan fingerprint density at radius 2 is 1.29 bits per heavy atom. The first kappa shape index (κ1) is 27.2. The summed E-state index contributed by atoms with van der Waals surface area (Å²) in [4.78, 5) is 3.72. The number of aromatic nitrogens is 1. The molecule has 2 aromatic heterocycles. The molecule has 242 valence electrons. The van der Waals surface area contributed by atoms with Gasteiger partial charge in [-0.2, -0.15) is 0 Å². The SMILES string of the molecule is c1ccc2c(c1)-c1c(ccc3c1CCN3)C21c2ccc3ccccc3c2-c2c1cc(-c1ccc3c(c1)[nH]c1ccccc13)c1c2oc2ccccc21. The minimum absolute atomic E-state index is 0.509. The smallest absolute Gasteiger partial charge is 0.144 e. The topological polar surface area (TPSA) is 41.0 Å². The zero-order valence-electron chi connectivity index (χ0n) is 28.2. The van der Waals surface area contributed by atoms with E-state index in [1.54, 1.807) is 0 Å². The highest BCUT2D eigenvalue weighted by Crippen LogP contribution is 2.67. The van der Waals surface area contributed by atoms with E-state index in [1.165, 1.54) is 93.8 Å². The number of anilines is 1. The van der Waals surface area contributed by atoms with Crippen molar-refractivity contribution in [3.05, 3.63) is 173 Å². The first-order valence-electron chi connectivity index (χ1n) is 18.3. The average molecular weight is 663 g/mol. The number of furan rings is 1. The molecule has 3 aliphatic rings. The lowest BCUT2D eigenvalue weighted by atomic mass is 9.69. The van der Waals surface area contributed by atoms with E-state index in [1.807, 2.05) is 0 Å². The Morgan fingerprint density at radius 1 is 0.519 bits per heavy atom. The summed E-state index contributed by atoms with van der Waals surface area (Å²) >= 11 is 0. The molecule has 0 radical (unpaired) electrons. The van der Waals surface area contributed by atoms with Crippen molar-refractivity contribution in [3.8, 4) is 33.4 Å². The predicted molar refractivity (Wildman–Crippen MR) is 215 cm³/mol. The first-order chi connectivity index (χ1) is 25.8. The van der Waals surface area contributed by atoms with Crippen LogP contribution in [0.2, 0.25) is 0 Å². The van der Waals surface area contributed by atoms with Crippen molar-refractivity contribution in [2.75, 3.05) is 11.9 Å². The molecule has 0 saturated carbocycles. The maximum absolute atomic E-state index is 7.13. The molecule has 0 amide bonds. The quantitative estimate of drug-likeness (QED) is 0.184. The van der Waals surface area contributed by atoms with Crippen LogP contribution < -0.4 is 5.32 Å². The van der Waals surface area contributed by atoms with Crippen LogP contribution >= 0.6 is 0 Å². The number of benzene rings is 8. The van der Waals surface area contributed by atoms with Gasteiger partial charge in [-0.15, -0.1) is 0 Å². The van der Waals surface area contributed by atoms with Crippen molar-refractivity contribution in [2.45, 2.75) is 11.8 Å². The lowest BCUT2D eigenvalue weighted by Gasteiger charge is -2.31. The summed E-state index contributed by atoms with van der Waals surface area (Å²) in [6.07, 6.45) is 1.03. The molecule has 10 aromatic rings. The number of para-hydroxylation sites is 2. The van der Waals surface area contributed by atoms with Crippen LogP contribution in [-0.4, -0.2) is 11.5 Å². The van der Waals surface area contributed by atoms with E-state index in [9.17, 15) is 0 Å². The molecular formula is C49H30N2O. The van der Waals surface area contributed by atoms with Gasteiger partial charge in [-0.3, -0.25) is 0 Å². The summed E-state index contributed by atoms with van der Waals surface area (Å²) < 4.78 is 7.13. The monoisotopic (exact) mass is 662 g/mol. The highest BCUT2D eigenvalue weighted by molar-refractivity contribution is 6.22. The van der Waals surface area contributed by atoms with E-state index in [-0.39, 0.29) is 0 Å². The lowest BCUT2D eigenvalue weighted by molar-refractivity contribution is 0.669. The molecule has 3 nitrogen and oxygen atoms in total. The van der Waals surface area contributed by atoms with Gasteiger partial charge in [0.1, 0.15) is 11.2 Å². The third-order valence-electron chi connectivity index (χ3n) is 12.5. The number of hydrogen-bond donors (Lipinski definition) is 2. The predicted octanol–water partition coefficient (Wildman–Crippen LogP) is 12.4. The fraction of sp³-hybridized carbons (Fsp3) is 0.0612. The Balaban J connectivity index is 1.25. The largest absolute Gasteiger partial charge is 0.455 e. The van der Waals surface area contributed by atoms with Gasteiger partial charge in [0.15, 0.2) is 0 Å². The highest BCUT2D eigenvalue weighted by atomic mass is 16.3. The second-order valence-electron chi connectivity index (χ2n) is 14.8. The summed E-state index contributed by atoms with van der Waals surface area (Å²) in [5, 5.41) is 11.0. The standard InChI is InChI=1S/C49H30N2O/c1-2-10-29-27(9-1)18-20-38-46(29)47-39(49(38)36-14-6-3-12-32(36)44-33-23-24-50-40(33)22-21-37(44)49)26-35(45-34-13-5-8-16-43(34)52-48(45)47)28-17-19-31-30-11-4-7-15-41(30)51-42(31)25-28/h1-22,25-26,50-51H,23-24H2. The van der Waals surface area contributed by atoms with E-state index in [4.69, 9.17) is 4.42 Å². The van der Waals surface area contributed by atoms with Gasteiger partial charge in [0.2, 0.25) is 0 Å². The summed E-state index contributed by atoms with van der Waals surface area (Å²) in [5.41, 5.74) is 19.4. The van der Waals surface area contributed by atoms with Gasteiger partial charge in [-0.05, 0) is 103 Å². The fourth-order valence-electron chi connectivity index (χ4n) is 10.5. The maximum atomic E-state index is 7.13.